The summed E-state index contributed by atoms with van der Waals surface area (Å²) < 4.78 is 0. The molecular weight excluding hydrogens is 168 g/mol. The number of hydrogen-bond donors (Lipinski definition) is 0. The average Bonchev–Trinajstić information content (AvgIpc) is 2.17. The van der Waals surface area contributed by atoms with E-state index in [-0.39, 0.29) is 0 Å². The highest BCUT2D eigenvalue weighted by atomic mass is 14.4. The fourth-order valence-electron chi connectivity index (χ4n) is 2.57. The molecule has 0 heterocycles. The van der Waals surface area contributed by atoms with Crippen LogP contribution < -0.4 is 0 Å². The molecule has 0 N–H and O–H groups in total. The van der Waals surface area contributed by atoms with Gasteiger partial charge in [0, 0.05) is 0 Å². The molecule has 2 rings (SSSR count). The summed E-state index contributed by atoms with van der Waals surface area (Å²) >= 11 is 0. The molecule has 1 aromatic rings. The van der Waals surface area contributed by atoms with Gasteiger partial charge >= 0.3 is 0 Å². The van der Waals surface area contributed by atoms with E-state index in [1.54, 1.807) is 0 Å². The van der Waals surface area contributed by atoms with E-state index < -0.39 is 0 Å². The first-order chi connectivity index (χ1) is 6.65. The molecule has 1 aliphatic rings. The summed E-state index contributed by atoms with van der Waals surface area (Å²) in [5.74, 6) is 0.741. The monoisotopic (exact) mass is 186 g/mol. The highest BCUT2D eigenvalue weighted by Gasteiger charge is 2.38. The molecule has 0 aromatic heterocycles. The first-order valence-corrected chi connectivity index (χ1v) is 5.43. The Balaban J connectivity index is 2.31. The molecular formula is C14H18. The van der Waals surface area contributed by atoms with Crippen LogP contribution in [0, 0.1) is 11.3 Å². The van der Waals surface area contributed by atoms with Crippen molar-refractivity contribution in [2.75, 3.05) is 0 Å². The number of allylic oxidation sites excluding steroid dienone is 2. The lowest BCUT2D eigenvalue weighted by atomic mass is 9.61. The lowest BCUT2D eigenvalue weighted by Gasteiger charge is -2.43. The van der Waals surface area contributed by atoms with Crippen LogP contribution >= 0.6 is 0 Å². The normalized spacial score (nSPS) is 23.9. The van der Waals surface area contributed by atoms with Crippen molar-refractivity contribution >= 4 is 5.57 Å². The molecule has 1 atom stereocenters. The van der Waals surface area contributed by atoms with Gasteiger partial charge in [0.25, 0.3) is 0 Å². The van der Waals surface area contributed by atoms with Crippen molar-refractivity contribution in [2.24, 2.45) is 11.3 Å². The number of benzene rings is 1. The van der Waals surface area contributed by atoms with Crippen molar-refractivity contribution in [3.8, 4) is 0 Å². The van der Waals surface area contributed by atoms with Crippen LogP contribution in [0.1, 0.15) is 32.8 Å². The van der Waals surface area contributed by atoms with Gasteiger partial charge in [0.15, 0.2) is 0 Å². The first kappa shape index (κ1) is 9.51. The third-order valence-corrected chi connectivity index (χ3v) is 3.32. The molecule has 74 valence electrons. The van der Waals surface area contributed by atoms with Crippen LogP contribution in [0.5, 0.6) is 0 Å². The minimum absolute atomic E-state index is 0.403. The summed E-state index contributed by atoms with van der Waals surface area (Å²) in [6.45, 7) is 6.93. The quantitative estimate of drug-likeness (QED) is 0.651. The maximum atomic E-state index is 2.41. The van der Waals surface area contributed by atoms with Crippen LogP contribution in [0.25, 0.3) is 5.57 Å². The van der Waals surface area contributed by atoms with Gasteiger partial charge in [-0.15, -0.1) is 0 Å². The zero-order chi connectivity index (χ0) is 10.2. The SMILES string of the molecule is CCC1C(c2ccccc2)=CC1(C)C. The van der Waals surface area contributed by atoms with Crippen LogP contribution in [0.15, 0.2) is 36.4 Å². The van der Waals surface area contributed by atoms with Gasteiger partial charge in [0.1, 0.15) is 0 Å². The summed E-state index contributed by atoms with van der Waals surface area (Å²) in [5, 5.41) is 0. The van der Waals surface area contributed by atoms with Crippen LogP contribution in [-0.4, -0.2) is 0 Å². The molecule has 0 heteroatoms. The smallest absolute Gasteiger partial charge is 0.00754 e. The molecule has 0 saturated heterocycles. The zero-order valence-electron chi connectivity index (χ0n) is 9.25. The Hall–Kier alpha value is -1.04. The minimum atomic E-state index is 0.403. The molecule has 0 fully saturated rings. The fourth-order valence-corrected chi connectivity index (χ4v) is 2.57. The van der Waals surface area contributed by atoms with Gasteiger partial charge in [0.05, 0.1) is 0 Å². The highest BCUT2D eigenvalue weighted by Crippen LogP contribution is 2.50. The maximum absolute atomic E-state index is 2.41. The van der Waals surface area contributed by atoms with Crippen molar-refractivity contribution in [3.05, 3.63) is 42.0 Å². The lowest BCUT2D eigenvalue weighted by molar-refractivity contribution is 0.306. The summed E-state index contributed by atoms with van der Waals surface area (Å²) in [6.07, 6.45) is 3.66. The standard InChI is InChI=1S/C14H18/c1-4-13-12(10-14(13,2)3)11-8-6-5-7-9-11/h5-10,13H,4H2,1-3H3. The van der Waals surface area contributed by atoms with E-state index in [9.17, 15) is 0 Å². The Morgan fingerprint density at radius 2 is 1.79 bits per heavy atom. The summed E-state index contributed by atoms with van der Waals surface area (Å²) in [6, 6.07) is 10.7. The lowest BCUT2D eigenvalue weighted by Crippen LogP contribution is -2.31. The summed E-state index contributed by atoms with van der Waals surface area (Å²) in [5.41, 5.74) is 3.34. The van der Waals surface area contributed by atoms with E-state index in [1.165, 1.54) is 17.6 Å². The minimum Gasteiger partial charge on any atom is -0.0741 e. The molecule has 0 bridgehead atoms. The maximum Gasteiger partial charge on any atom is -0.00754 e. The predicted molar refractivity (Wildman–Crippen MR) is 62.0 cm³/mol. The Labute approximate surface area is 86.7 Å². The molecule has 0 nitrogen and oxygen atoms in total. The van der Waals surface area contributed by atoms with E-state index in [1.807, 2.05) is 0 Å². The third-order valence-electron chi connectivity index (χ3n) is 3.32. The Morgan fingerprint density at radius 1 is 1.14 bits per heavy atom. The molecule has 0 aliphatic heterocycles. The van der Waals surface area contributed by atoms with Gasteiger partial charge in [-0.25, -0.2) is 0 Å². The molecule has 1 aromatic carbocycles. The van der Waals surface area contributed by atoms with E-state index in [0.717, 1.165) is 5.92 Å². The Bertz CT molecular complexity index is 344. The van der Waals surface area contributed by atoms with Crippen molar-refractivity contribution in [1.29, 1.82) is 0 Å². The first-order valence-electron chi connectivity index (χ1n) is 5.43. The fraction of sp³-hybridized carbons (Fsp3) is 0.429. The van der Waals surface area contributed by atoms with Crippen molar-refractivity contribution in [2.45, 2.75) is 27.2 Å². The van der Waals surface area contributed by atoms with Crippen LogP contribution in [0.3, 0.4) is 0 Å². The largest absolute Gasteiger partial charge is 0.0741 e. The van der Waals surface area contributed by atoms with Gasteiger partial charge < -0.3 is 0 Å². The predicted octanol–water partition coefficient (Wildman–Crippen LogP) is 4.14. The second kappa shape index (κ2) is 3.27. The van der Waals surface area contributed by atoms with Gasteiger partial charge in [-0.05, 0) is 28.9 Å². The summed E-state index contributed by atoms with van der Waals surface area (Å²) in [4.78, 5) is 0. The Morgan fingerprint density at radius 3 is 2.29 bits per heavy atom. The van der Waals surface area contributed by atoms with Gasteiger partial charge in [-0.2, -0.15) is 0 Å². The van der Waals surface area contributed by atoms with Crippen LogP contribution in [0.2, 0.25) is 0 Å². The number of rotatable bonds is 2. The molecule has 0 amide bonds. The van der Waals surface area contributed by atoms with Crippen molar-refractivity contribution in [3.63, 3.8) is 0 Å². The van der Waals surface area contributed by atoms with Crippen LogP contribution in [0.4, 0.5) is 0 Å². The van der Waals surface area contributed by atoms with E-state index in [4.69, 9.17) is 0 Å². The molecule has 14 heavy (non-hydrogen) atoms. The van der Waals surface area contributed by atoms with Crippen molar-refractivity contribution < 1.29 is 0 Å². The van der Waals surface area contributed by atoms with Gasteiger partial charge in [-0.3, -0.25) is 0 Å². The summed E-state index contributed by atoms with van der Waals surface area (Å²) in [7, 11) is 0. The van der Waals surface area contributed by atoms with Crippen LogP contribution in [-0.2, 0) is 0 Å². The van der Waals surface area contributed by atoms with E-state index in [0.29, 0.717) is 5.41 Å². The van der Waals surface area contributed by atoms with E-state index in [2.05, 4.69) is 57.2 Å². The molecule has 0 saturated carbocycles. The zero-order valence-corrected chi connectivity index (χ0v) is 9.25. The molecule has 0 radical (unpaired) electrons. The molecule has 0 spiro atoms. The second-order valence-corrected chi connectivity index (χ2v) is 4.75. The van der Waals surface area contributed by atoms with Crippen molar-refractivity contribution in [1.82, 2.24) is 0 Å². The molecule has 1 unspecified atom stereocenters. The molecule has 1 aliphatic carbocycles. The number of hydrogen-bond acceptors (Lipinski definition) is 0. The van der Waals surface area contributed by atoms with Gasteiger partial charge in [-0.1, -0.05) is 57.2 Å². The van der Waals surface area contributed by atoms with E-state index >= 15 is 0 Å². The second-order valence-electron chi connectivity index (χ2n) is 4.75. The topological polar surface area (TPSA) is 0 Å². The highest BCUT2D eigenvalue weighted by molar-refractivity contribution is 5.74. The average molecular weight is 186 g/mol. The Kier molecular flexibility index (Phi) is 2.22. The van der Waals surface area contributed by atoms with Gasteiger partial charge in [0.2, 0.25) is 0 Å². The third kappa shape index (κ3) is 1.39.